The molecule has 0 unspecified atom stereocenters. The van der Waals surface area contributed by atoms with Crippen LogP contribution in [0.2, 0.25) is 0 Å². The molecule has 0 amide bonds. The quantitative estimate of drug-likeness (QED) is 0.921. The smallest absolute Gasteiger partial charge is 0.125 e. The third-order valence-corrected chi connectivity index (χ3v) is 5.62. The molecule has 0 saturated heterocycles. The summed E-state index contributed by atoms with van der Waals surface area (Å²) in [6, 6.07) is 0. The van der Waals surface area contributed by atoms with Crippen LogP contribution in [-0.2, 0) is 6.42 Å². The minimum Gasteiger partial charge on any atom is -0.496 e. The van der Waals surface area contributed by atoms with E-state index < -0.39 is 0 Å². The van der Waals surface area contributed by atoms with Gasteiger partial charge in [-0.3, -0.25) is 0 Å². The molecule has 1 aliphatic carbocycles. The molecule has 0 radical (unpaired) electrons. The zero-order valence-electron chi connectivity index (χ0n) is 11.7. The third kappa shape index (κ3) is 2.19. The van der Waals surface area contributed by atoms with Crippen molar-refractivity contribution in [3.8, 4) is 5.75 Å². The Morgan fingerprint density at radius 1 is 1.17 bits per heavy atom. The standard InChI is InChI=1S/C15H22BrNO/c1-9-10(2)14(18-4)12(11(3)13(9)16)7-15(8-17)5-6-15/h5-8,17H2,1-4H3. The number of halogens is 1. The van der Waals surface area contributed by atoms with Crippen LogP contribution in [0.15, 0.2) is 4.47 Å². The van der Waals surface area contributed by atoms with E-state index in [9.17, 15) is 0 Å². The fraction of sp³-hybridized carbons (Fsp3) is 0.600. The molecular formula is C15H22BrNO. The van der Waals surface area contributed by atoms with Crippen LogP contribution in [0.3, 0.4) is 0 Å². The molecule has 0 aromatic heterocycles. The highest BCUT2D eigenvalue weighted by atomic mass is 79.9. The maximum atomic E-state index is 5.91. The van der Waals surface area contributed by atoms with Crippen LogP contribution in [0, 0.1) is 26.2 Å². The Bertz CT molecular complexity index is 478. The first-order valence-electron chi connectivity index (χ1n) is 6.48. The van der Waals surface area contributed by atoms with Gasteiger partial charge in [-0.15, -0.1) is 0 Å². The van der Waals surface area contributed by atoms with E-state index in [0.717, 1.165) is 18.7 Å². The molecule has 2 N–H and O–H groups in total. The molecule has 1 aromatic rings. The van der Waals surface area contributed by atoms with Crippen molar-refractivity contribution in [1.29, 1.82) is 0 Å². The first kappa shape index (κ1) is 13.9. The van der Waals surface area contributed by atoms with Crippen LogP contribution in [0.1, 0.15) is 35.1 Å². The zero-order valence-corrected chi connectivity index (χ0v) is 13.3. The second kappa shape index (κ2) is 4.86. The summed E-state index contributed by atoms with van der Waals surface area (Å²) in [7, 11) is 1.76. The van der Waals surface area contributed by atoms with Crippen LogP contribution in [0.5, 0.6) is 5.75 Å². The van der Waals surface area contributed by atoms with Gasteiger partial charge >= 0.3 is 0 Å². The van der Waals surface area contributed by atoms with Crippen LogP contribution < -0.4 is 10.5 Å². The van der Waals surface area contributed by atoms with Gasteiger partial charge in [0, 0.05) is 4.47 Å². The van der Waals surface area contributed by atoms with Crippen molar-refractivity contribution in [2.24, 2.45) is 11.1 Å². The number of nitrogens with two attached hydrogens (primary N) is 1. The molecule has 0 heterocycles. The van der Waals surface area contributed by atoms with E-state index in [1.807, 2.05) is 0 Å². The monoisotopic (exact) mass is 311 g/mol. The molecule has 100 valence electrons. The second-order valence-electron chi connectivity index (χ2n) is 5.58. The molecule has 0 aliphatic heterocycles. The zero-order chi connectivity index (χ0) is 13.5. The summed E-state index contributed by atoms with van der Waals surface area (Å²) >= 11 is 3.71. The molecule has 1 aliphatic rings. The van der Waals surface area contributed by atoms with Gasteiger partial charge in [-0.25, -0.2) is 0 Å². The number of hydrogen-bond donors (Lipinski definition) is 1. The molecule has 2 rings (SSSR count). The molecule has 1 saturated carbocycles. The predicted molar refractivity (Wildman–Crippen MR) is 79.3 cm³/mol. The molecular weight excluding hydrogens is 290 g/mol. The first-order valence-corrected chi connectivity index (χ1v) is 7.27. The van der Waals surface area contributed by atoms with Crippen LogP contribution in [0.25, 0.3) is 0 Å². The fourth-order valence-corrected chi connectivity index (χ4v) is 3.18. The molecule has 0 bridgehead atoms. The summed E-state index contributed by atoms with van der Waals surface area (Å²) in [5.41, 5.74) is 11.4. The lowest BCUT2D eigenvalue weighted by Gasteiger charge is -2.22. The predicted octanol–water partition coefficient (Wildman–Crippen LogP) is 3.66. The van der Waals surface area contributed by atoms with Gasteiger partial charge in [0.05, 0.1) is 7.11 Å². The van der Waals surface area contributed by atoms with Gasteiger partial charge in [-0.2, -0.15) is 0 Å². The van der Waals surface area contributed by atoms with Crippen molar-refractivity contribution in [3.63, 3.8) is 0 Å². The fourth-order valence-electron chi connectivity index (χ4n) is 2.64. The highest BCUT2D eigenvalue weighted by Crippen LogP contribution is 2.50. The van der Waals surface area contributed by atoms with Crippen molar-refractivity contribution in [2.75, 3.05) is 13.7 Å². The van der Waals surface area contributed by atoms with E-state index in [2.05, 4.69) is 36.7 Å². The highest BCUT2D eigenvalue weighted by Gasteiger charge is 2.42. The summed E-state index contributed by atoms with van der Waals surface area (Å²) in [4.78, 5) is 0. The van der Waals surface area contributed by atoms with Crippen molar-refractivity contribution in [3.05, 3.63) is 26.7 Å². The van der Waals surface area contributed by atoms with Gasteiger partial charge in [-0.1, -0.05) is 15.9 Å². The Balaban J connectivity index is 2.51. The van der Waals surface area contributed by atoms with Crippen LogP contribution in [0.4, 0.5) is 0 Å². The Hall–Kier alpha value is -0.540. The molecule has 1 fully saturated rings. The summed E-state index contributed by atoms with van der Waals surface area (Å²) in [6.45, 7) is 7.21. The summed E-state index contributed by atoms with van der Waals surface area (Å²) in [6.07, 6.45) is 3.53. The van der Waals surface area contributed by atoms with E-state index in [1.165, 1.54) is 39.6 Å². The minimum atomic E-state index is 0.333. The molecule has 3 heteroatoms. The average molecular weight is 312 g/mol. The van der Waals surface area contributed by atoms with Crippen molar-refractivity contribution in [2.45, 2.75) is 40.0 Å². The SMILES string of the molecule is COc1c(C)c(C)c(Br)c(C)c1CC1(CN)CC1. The molecule has 1 aromatic carbocycles. The lowest BCUT2D eigenvalue weighted by atomic mass is 9.90. The van der Waals surface area contributed by atoms with Gasteiger partial charge in [-0.05, 0) is 74.2 Å². The van der Waals surface area contributed by atoms with Crippen molar-refractivity contribution >= 4 is 15.9 Å². The maximum Gasteiger partial charge on any atom is 0.125 e. The lowest BCUT2D eigenvalue weighted by Crippen LogP contribution is -2.19. The van der Waals surface area contributed by atoms with E-state index in [-0.39, 0.29) is 0 Å². The average Bonchev–Trinajstić information content (AvgIpc) is 3.14. The number of benzene rings is 1. The topological polar surface area (TPSA) is 35.2 Å². The summed E-state index contributed by atoms with van der Waals surface area (Å²) in [5, 5.41) is 0. The second-order valence-corrected chi connectivity index (χ2v) is 6.37. The first-order chi connectivity index (χ1) is 8.45. The maximum absolute atomic E-state index is 5.91. The number of methoxy groups -OCH3 is 1. The van der Waals surface area contributed by atoms with Gasteiger partial charge in [0.2, 0.25) is 0 Å². The molecule has 2 nitrogen and oxygen atoms in total. The van der Waals surface area contributed by atoms with Crippen molar-refractivity contribution < 1.29 is 4.74 Å². The van der Waals surface area contributed by atoms with E-state index >= 15 is 0 Å². The summed E-state index contributed by atoms with van der Waals surface area (Å²) < 4.78 is 6.86. The van der Waals surface area contributed by atoms with Crippen LogP contribution >= 0.6 is 15.9 Å². The molecule has 18 heavy (non-hydrogen) atoms. The molecule has 0 atom stereocenters. The van der Waals surface area contributed by atoms with E-state index in [0.29, 0.717) is 5.41 Å². The van der Waals surface area contributed by atoms with Gasteiger partial charge in [0.25, 0.3) is 0 Å². The molecule has 0 spiro atoms. The largest absolute Gasteiger partial charge is 0.496 e. The number of rotatable bonds is 4. The Morgan fingerprint density at radius 3 is 2.22 bits per heavy atom. The van der Waals surface area contributed by atoms with Crippen molar-refractivity contribution in [1.82, 2.24) is 0 Å². The summed E-state index contributed by atoms with van der Waals surface area (Å²) in [5.74, 6) is 1.05. The number of hydrogen-bond acceptors (Lipinski definition) is 2. The highest BCUT2D eigenvalue weighted by molar-refractivity contribution is 9.10. The Morgan fingerprint density at radius 2 is 1.78 bits per heavy atom. The lowest BCUT2D eigenvalue weighted by molar-refractivity contribution is 0.398. The Labute approximate surface area is 118 Å². The van der Waals surface area contributed by atoms with Crippen LogP contribution in [-0.4, -0.2) is 13.7 Å². The number of ether oxygens (including phenoxy) is 1. The van der Waals surface area contributed by atoms with Gasteiger partial charge in [0.15, 0.2) is 0 Å². The van der Waals surface area contributed by atoms with Gasteiger partial charge < -0.3 is 10.5 Å². The van der Waals surface area contributed by atoms with Gasteiger partial charge in [0.1, 0.15) is 5.75 Å². The van der Waals surface area contributed by atoms with E-state index in [1.54, 1.807) is 7.11 Å². The third-order valence-electron chi connectivity index (χ3n) is 4.43. The minimum absolute atomic E-state index is 0.333. The van der Waals surface area contributed by atoms with E-state index in [4.69, 9.17) is 10.5 Å². The Kier molecular flexibility index (Phi) is 3.75. The normalized spacial score (nSPS) is 16.8.